The summed E-state index contributed by atoms with van der Waals surface area (Å²) < 4.78 is 13.0. The highest BCUT2D eigenvalue weighted by Gasteiger charge is 2.26. The Kier molecular flexibility index (Phi) is 5.25. The fourth-order valence-electron chi connectivity index (χ4n) is 2.87. The molecule has 2 atom stereocenters. The van der Waals surface area contributed by atoms with Crippen LogP contribution in [0.25, 0.3) is 11.6 Å². The second-order valence-corrected chi connectivity index (χ2v) is 6.81. The van der Waals surface area contributed by atoms with Crippen LogP contribution in [0.2, 0.25) is 0 Å². The fraction of sp³-hybridized carbons (Fsp3) is 0.562. The Balaban J connectivity index is 1.65. The lowest BCUT2D eigenvalue weighted by atomic mass is 10.2. The number of furan rings is 1. The first-order valence-electron chi connectivity index (χ1n) is 8.11. The SMILES string of the molecule is CCn1c(SCC(=O)N2C[C@H](C)O[C@@H](C)C2)nnc1-c1ccco1. The van der Waals surface area contributed by atoms with Gasteiger partial charge in [0.05, 0.1) is 24.2 Å². The third-order valence-corrected chi connectivity index (χ3v) is 4.82. The molecule has 2 aromatic rings. The number of carbonyl (C=O) groups excluding carboxylic acids is 1. The molecule has 1 aliphatic rings. The minimum absolute atomic E-state index is 0.0764. The highest BCUT2D eigenvalue weighted by atomic mass is 32.2. The molecule has 1 amide bonds. The van der Waals surface area contributed by atoms with Crippen LogP contribution in [0.1, 0.15) is 20.8 Å². The van der Waals surface area contributed by atoms with Crippen molar-refractivity contribution >= 4 is 17.7 Å². The third kappa shape index (κ3) is 3.64. The molecule has 8 heteroatoms. The van der Waals surface area contributed by atoms with Crippen LogP contribution in [-0.2, 0) is 16.1 Å². The van der Waals surface area contributed by atoms with Gasteiger partial charge in [-0.2, -0.15) is 0 Å². The molecule has 1 aliphatic heterocycles. The van der Waals surface area contributed by atoms with Crippen molar-refractivity contribution in [3.05, 3.63) is 18.4 Å². The first-order valence-corrected chi connectivity index (χ1v) is 9.10. The van der Waals surface area contributed by atoms with Gasteiger partial charge in [0.15, 0.2) is 16.7 Å². The van der Waals surface area contributed by atoms with Gasteiger partial charge < -0.3 is 14.1 Å². The predicted molar refractivity (Wildman–Crippen MR) is 90.7 cm³/mol. The summed E-state index contributed by atoms with van der Waals surface area (Å²) in [6.07, 6.45) is 1.77. The molecule has 0 bridgehead atoms. The molecule has 0 saturated carbocycles. The first-order chi connectivity index (χ1) is 11.6. The average molecular weight is 350 g/mol. The second kappa shape index (κ2) is 7.40. The van der Waals surface area contributed by atoms with Gasteiger partial charge in [0.25, 0.3) is 0 Å². The lowest BCUT2D eigenvalue weighted by molar-refractivity contribution is -0.140. The van der Waals surface area contributed by atoms with Crippen molar-refractivity contribution in [1.82, 2.24) is 19.7 Å². The number of hydrogen-bond donors (Lipinski definition) is 0. The van der Waals surface area contributed by atoms with Gasteiger partial charge in [0.2, 0.25) is 5.91 Å². The molecule has 24 heavy (non-hydrogen) atoms. The summed E-state index contributed by atoms with van der Waals surface area (Å²) in [6.45, 7) is 8.00. The number of hydrogen-bond acceptors (Lipinski definition) is 6. The van der Waals surface area contributed by atoms with Crippen LogP contribution >= 0.6 is 11.8 Å². The van der Waals surface area contributed by atoms with Gasteiger partial charge in [0.1, 0.15) is 0 Å². The van der Waals surface area contributed by atoms with Gasteiger partial charge in [0, 0.05) is 19.6 Å². The maximum atomic E-state index is 12.5. The smallest absolute Gasteiger partial charge is 0.233 e. The topological polar surface area (TPSA) is 73.4 Å². The molecule has 7 nitrogen and oxygen atoms in total. The van der Waals surface area contributed by atoms with Crippen molar-refractivity contribution in [2.75, 3.05) is 18.8 Å². The van der Waals surface area contributed by atoms with Crippen LogP contribution in [0.5, 0.6) is 0 Å². The largest absolute Gasteiger partial charge is 0.461 e. The predicted octanol–water partition coefficient (Wildman–Crippen LogP) is 2.29. The first kappa shape index (κ1) is 17.0. The van der Waals surface area contributed by atoms with Crippen LogP contribution in [0.3, 0.4) is 0 Å². The van der Waals surface area contributed by atoms with Crippen molar-refractivity contribution in [3.63, 3.8) is 0 Å². The van der Waals surface area contributed by atoms with E-state index in [4.69, 9.17) is 9.15 Å². The summed E-state index contributed by atoms with van der Waals surface area (Å²) in [6, 6.07) is 3.67. The van der Waals surface area contributed by atoms with Gasteiger partial charge in [-0.25, -0.2) is 0 Å². The van der Waals surface area contributed by atoms with E-state index in [-0.39, 0.29) is 18.1 Å². The minimum atomic E-state index is 0.0764. The van der Waals surface area contributed by atoms with E-state index in [1.54, 1.807) is 6.26 Å². The number of morpholine rings is 1. The highest BCUT2D eigenvalue weighted by Crippen LogP contribution is 2.24. The highest BCUT2D eigenvalue weighted by molar-refractivity contribution is 7.99. The Hall–Kier alpha value is -1.80. The van der Waals surface area contributed by atoms with Crippen molar-refractivity contribution in [3.8, 4) is 11.6 Å². The van der Waals surface area contributed by atoms with E-state index in [2.05, 4.69) is 10.2 Å². The molecule has 3 rings (SSSR count). The molecule has 3 heterocycles. The number of nitrogens with zero attached hydrogens (tertiary/aromatic N) is 4. The summed E-state index contributed by atoms with van der Waals surface area (Å²) in [4.78, 5) is 14.3. The van der Waals surface area contributed by atoms with Crippen LogP contribution in [0, 0.1) is 0 Å². The lowest BCUT2D eigenvalue weighted by Gasteiger charge is -2.35. The zero-order valence-corrected chi connectivity index (χ0v) is 15.0. The van der Waals surface area contributed by atoms with Crippen molar-refractivity contribution in [2.24, 2.45) is 0 Å². The number of thioether (sulfide) groups is 1. The summed E-state index contributed by atoms with van der Waals surface area (Å²) in [7, 11) is 0. The molecule has 0 aromatic carbocycles. The number of rotatable bonds is 5. The summed E-state index contributed by atoms with van der Waals surface area (Å²) >= 11 is 1.41. The Morgan fingerprint density at radius 2 is 2.08 bits per heavy atom. The van der Waals surface area contributed by atoms with E-state index >= 15 is 0 Å². The zero-order chi connectivity index (χ0) is 17.1. The molecule has 1 fully saturated rings. The van der Waals surface area contributed by atoms with Crippen molar-refractivity contribution < 1.29 is 13.9 Å². The van der Waals surface area contributed by atoms with E-state index in [1.807, 2.05) is 42.4 Å². The van der Waals surface area contributed by atoms with Gasteiger partial charge in [-0.05, 0) is 32.9 Å². The molecular formula is C16H22N4O3S. The maximum Gasteiger partial charge on any atom is 0.233 e. The number of aromatic nitrogens is 3. The molecule has 0 radical (unpaired) electrons. The Morgan fingerprint density at radius 1 is 1.33 bits per heavy atom. The van der Waals surface area contributed by atoms with Crippen molar-refractivity contribution in [2.45, 2.75) is 44.7 Å². The molecule has 0 aliphatic carbocycles. The van der Waals surface area contributed by atoms with Crippen LogP contribution in [-0.4, -0.2) is 56.6 Å². The molecule has 0 spiro atoms. The lowest BCUT2D eigenvalue weighted by Crippen LogP contribution is -2.48. The zero-order valence-electron chi connectivity index (χ0n) is 14.1. The van der Waals surface area contributed by atoms with Gasteiger partial charge in [-0.3, -0.25) is 9.36 Å². The van der Waals surface area contributed by atoms with E-state index in [1.165, 1.54) is 11.8 Å². The van der Waals surface area contributed by atoms with E-state index in [0.29, 0.717) is 37.0 Å². The standard InChI is InChI=1S/C16H22N4O3S/c1-4-20-15(13-6-5-7-22-13)17-18-16(20)24-10-14(21)19-8-11(2)23-12(3)9-19/h5-7,11-12H,4,8-10H2,1-3H3/t11-,12-/m0/s1. The molecule has 2 aromatic heterocycles. The quantitative estimate of drug-likeness (QED) is 0.770. The molecule has 0 unspecified atom stereocenters. The van der Waals surface area contributed by atoms with Crippen LogP contribution in [0.15, 0.2) is 28.0 Å². The van der Waals surface area contributed by atoms with Gasteiger partial charge >= 0.3 is 0 Å². The minimum Gasteiger partial charge on any atom is -0.461 e. The molecular weight excluding hydrogens is 328 g/mol. The summed E-state index contributed by atoms with van der Waals surface area (Å²) in [5.41, 5.74) is 0. The van der Waals surface area contributed by atoms with Crippen molar-refractivity contribution in [1.29, 1.82) is 0 Å². The van der Waals surface area contributed by atoms with E-state index in [0.717, 1.165) is 5.16 Å². The van der Waals surface area contributed by atoms with Gasteiger partial charge in [-0.1, -0.05) is 11.8 Å². The second-order valence-electron chi connectivity index (χ2n) is 5.87. The number of amides is 1. The summed E-state index contributed by atoms with van der Waals surface area (Å²) in [5.74, 6) is 1.81. The van der Waals surface area contributed by atoms with E-state index < -0.39 is 0 Å². The fourth-order valence-corrected chi connectivity index (χ4v) is 3.77. The molecule has 0 N–H and O–H groups in total. The van der Waals surface area contributed by atoms with E-state index in [9.17, 15) is 4.79 Å². The normalized spacial score (nSPS) is 21.2. The van der Waals surface area contributed by atoms with Crippen LogP contribution < -0.4 is 0 Å². The summed E-state index contributed by atoms with van der Waals surface area (Å²) in [5, 5.41) is 9.14. The monoisotopic (exact) mass is 350 g/mol. The van der Waals surface area contributed by atoms with Gasteiger partial charge in [-0.15, -0.1) is 10.2 Å². The molecule has 130 valence electrons. The third-order valence-electron chi connectivity index (χ3n) is 3.87. The average Bonchev–Trinajstić information content (AvgIpc) is 3.20. The molecule has 1 saturated heterocycles. The number of carbonyl (C=O) groups is 1. The Labute approximate surface area is 145 Å². The Morgan fingerprint density at radius 3 is 2.71 bits per heavy atom. The Bertz CT molecular complexity index is 676. The number of ether oxygens (including phenoxy) is 1. The maximum absolute atomic E-state index is 12.5. The van der Waals surface area contributed by atoms with Crippen LogP contribution in [0.4, 0.5) is 0 Å².